The Bertz CT molecular complexity index is 585. The second-order valence-corrected chi connectivity index (χ2v) is 3.50. The Balaban J connectivity index is 2.49. The summed E-state index contributed by atoms with van der Waals surface area (Å²) in [5, 5.41) is 4.49. The number of hydrogen-bond donors (Lipinski definition) is 0. The van der Waals surface area contributed by atoms with E-state index in [1.54, 1.807) is 26.0 Å². The molecule has 1 aromatic heterocycles. The van der Waals surface area contributed by atoms with E-state index in [4.69, 9.17) is 4.52 Å². The zero-order valence-electron chi connectivity index (χ0n) is 9.52. The van der Waals surface area contributed by atoms with Crippen LogP contribution < -0.4 is 0 Å². The van der Waals surface area contributed by atoms with Crippen LogP contribution in [-0.4, -0.2) is 23.5 Å². The quantitative estimate of drug-likeness (QED) is 0.460. The molecule has 0 bridgehead atoms. The van der Waals surface area contributed by atoms with Crippen LogP contribution in [0.15, 0.2) is 22.7 Å². The fourth-order valence-electron chi connectivity index (χ4n) is 1.57. The maximum Gasteiger partial charge on any atom is 0.379 e. The van der Waals surface area contributed by atoms with E-state index < -0.39 is 11.8 Å². The minimum absolute atomic E-state index is 0.163. The lowest BCUT2D eigenvalue weighted by molar-refractivity contribution is -0.137. The van der Waals surface area contributed by atoms with Crippen molar-refractivity contribution in [3.8, 4) is 0 Å². The van der Waals surface area contributed by atoms with Crippen molar-refractivity contribution in [1.29, 1.82) is 0 Å². The predicted molar refractivity (Wildman–Crippen MR) is 59.7 cm³/mol. The summed E-state index contributed by atoms with van der Waals surface area (Å²) in [6.07, 6.45) is 0. The number of aryl methyl sites for hydroxylation is 1. The van der Waals surface area contributed by atoms with Crippen LogP contribution >= 0.6 is 0 Å². The highest BCUT2D eigenvalue weighted by atomic mass is 16.5. The first kappa shape index (κ1) is 11.3. The van der Waals surface area contributed by atoms with Crippen molar-refractivity contribution in [3.63, 3.8) is 0 Å². The van der Waals surface area contributed by atoms with Gasteiger partial charge in [0, 0.05) is 5.39 Å². The molecule has 0 aliphatic carbocycles. The van der Waals surface area contributed by atoms with Gasteiger partial charge in [-0.25, -0.2) is 4.79 Å². The van der Waals surface area contributed by atoms with Crippen LogP contribution in [0.3, 0.4) is 0 Å². The standard InChI is InChI=1S/C12H11NO4/c1-3-16-12(15)10(14)9-6-4-5-8-7(2)13-17-11(8)9/h4-6H,3H2,1-2H3. The van der Waals surface area contributed by atoms with Gasteiger partial charge in [-0.2, -0.15) is 0 Å². The Morgan fingerprint density at radius 3 is 2.88 bits per heavy atom. The van der Waals surface area contributed by atoms with Gasteiger partial charge in [0.25, 0.3) is 5.78 Å². The number of hydrogen-bond acceptors (Lipinski definition) is 5. The van der Waals surface area contributed by atoms with Crippen molar-refractivity contribution in [3.05, 3.63) is 29.5 Å². The van der Waals surface area contributed by atoms with Gasteiger partial charge in [0.1, 0.15) is 0 Å². The molecule has 0 radical (unpaired) electrons. The number of rotatable bonds is 3. The number of carbonyl (C=O) groups excluding carboxylic acids is 2. The van der Waals surface area contributed by atoms with E-state index in [-0.39, 0.29) is 12.2 Å². The van der Waals surface area contributed by atoms with E-state index in [1.807, 2.05) is 0 Å². The summed E-state index contributed by atoms with van der Waals surface area (Å²) >= 11 is 0. The smallest absolute Gasteiger partial charge is 0.379 e. The molecule has 88 valence electrons. The Labute approximate surface area is 97.3 Å². The molecule has 5 heteroatoms. The summed E-state index contributed by atoms with van der Waals surface area (Å²) in [6, 6.07) is 4.98. The van der Waals surface area contributed by atoms with Crippen LogP contribution in [0.1, 0.15) is 23.0 Å². The zero-order valence-corrected chi connectivity index (χ0v) is 9.52. The average molecular weight is 233 g/mol. The minimum Gasteiger partial charge on any atom is -0.460 e. The lowest BCUT2D eigenvalue weighted by atomic mass is 10.1. The SMILES string of the molecule is CCOC(=O)C(=O)c1cccc2c(C)noc12. The van der Waals surface area contributed by atoms with Crippen molar-refractivity contribution in [1.82, 2.24) is 5.16 Å². The van der Waals surface area contributed by atoms with E-state index in [1.165, 1.54) is 6.07 Å². The molecular weight excluding hydrogens is 222 g/mol. The Morgan fingerprint density at radius 2 is 2.18 bits per heavy atom. The summed E-state index contributed by atoms with van der Waals surface area (Å²) in [4.78, 5) is 23.2. The highest BCUT2D eigenvalue weighted by Crippen LogP contribution is 2.22. The number of esters is 1. The first-order valence-corrected chi connectivity index (χ1v) is 5.21. The van der Waals surface area contributed by atoms with Gasteiger partial charge in [0.2, 0.25) is 0 Å². The molecule has 0 aliphatic heterocycles. The third-order valence-electron chi connectivity index (χ3n) is 2.38. The van der Waals surface area contributed by atoms with E-state index in [9.17, 15) is 9.59 Å². The monoisotopic (exact) mass is 233 g/mol. The molecule has 2 rings (SSSR count). The summed E-state index contributed by atoms with van der Waals surface area (Å²) in [5.74, 6) is -1.59. The average Bonchev–Trinajstić information content (AvgIpc) is 2.71. The number of ether oxygens (including phenoxy) is 1. The predicted octanol–water partition coefficient (Wildman–Crippen LogP) is 1.88. The number of carbonyl (C=O) groups is 2. The normalized spacial score (nSPS) is 10.5. The molecule has 0 N–H and O–H groups in total. The maximum atomic E-state index is 11.8. The Hall–Kier alpha value is -2.17. The van der Waals surface area contributed by atoms with Gasteiger partial charge in [-0.05, 0) is 26.0 Å². The van der Waals surface area contributed by atoms with Crippen molar-refractivity contribution >= 4 is 22.7 Å². The molecule has 2 aromatic rings. The second-order valence-electron chi connectivity index (χ2n) is 3.50. The van der Waals surface area contributed by atoms with Crippen LogP contribution in [0.5, 0.6) is 0 Å². The Kier molecular flexibility index (Phi) is 2.91. The van der Waals surface area contributed by atoms with Gasteiger partial charge in [-0.15, -0.1) is 0 Å². The lowest BCUT2D eigenvalue weighted by Crippen LogP contribution is -2.17. The molecule has 1 heterocycles. The molecule has 0 spiro atoms. The molecule has 0 saturated heterocycles. The third kappa shape index (κ3) is 1.91. The number of Topliss-reactive ketones (excluding diaryl/α,β-unsaturated/α-hetero) is 1. The highest BCUT2D eigenvalue weighted by molar-refractivity contribution is 6.42. The molecule has 5 nitrogen and oxygen atoms in total. The van der Waals surface area contributed by atoms with Gasteiger partial charge in [-0.1, -0.05) is 11.2 Å². The van der Waals surface area contributed by atoms with E-state index in [0.717, 1.165) is 5.39 Å². The first-order chi connectivity index (χ1) is 8.15. The lowest BCUT2D eigenvalue weighted by Gasteiger charge is -2.00. The summed E-state index contributed by atoms with van der Waals surface area (Å²) in [6.45, 7) is 3.57. The summed E-state index contributed by atoms with van der Waals surface area (Å²) in [5.41, 5.74) is 1.18. The summed E-state index contributed by atoms with van der Waals surface area (Å²) < 4.78 is 9.71. The first-order valence-electron chi connectivity index (χ1n) is 5.21. The number of para-hydroxylation sites is 1. The van der Waals surface area contributed by atoms with Gasteiger partial charge in [-0.3, -0.25) is 4.79 Å². The minimum atomic E-state index is -0.881. The number of aromatic nitrogens is 1. The van der Waals surface area contributed by atoms with E-state index in [0.29, 0.717) is 11.3 Å². The number of fused-ring (bicyclic) bond motifs is 1. The summed E-state index contributed by atoms with van der Waals surface area (Å²) in [7, 11) is 0. The molecule has 0 aliphatic rings. The van der Waals surface area contributed by atoms with E-state index >= 15 is 0 Å². The fraction of sp³-hybridized carbons (Fsp3) is 0.250. The van der Waals surface area contributed by atoms with Crippen molar-refractivity contribution in [2.24, 2.45) is 0 Å². The van der Waals surface area contributed by atoms with Crippen LogP contribution in [0.2, 0.25) is 0 Å². The topological polar surface area (TPSA) is 69.4 Å². The highest BCUT2D eigenvalue weighted by Gasteiger charge is 2.22. The van der Waals surface area contributed by atoms with E-state index in [2.05, 4.69) is 9.89 Å². The van der Waals surface area contributed by atoms with Gasteiger partial charge >= 0.3 is 5.97 Å². The van der Waals surface area contributed by atoms with Crippen molar-refractivity contribution in [2.45, 2.75) is 13.8 Å². The van der Waals surface area contributed by atoms with Crippen LogP contribution in [0.25, 0.3) is 11.0 Å². The maximum absolute atomic E-state index is 11.8. The largest absolute Gasteiger partial charge is 0.460 e. The molecule has 1 aromatic carbocycles. The molecule has 0 atom stereocenters. The molecule has 0 saturated carbocycles. The number of benzene rings is 1. The molecule has 0 amide bonds. The van der Waals surface area contributed by atoms with Crippen LogP contribution in [-0.2, 0) is 9.53 Å². The van der Waals surface area contributed by atoms with Gasteiger partial charge < -0.3 is 9.26 Å². The fourth-order valence-corrected chi connectivity index (χ4v) is 1.57. The number of ketones is 1. The second kappa shape index (κ2) is 4.37. The zero-order chi connectivity index (χ0) is 12.4. The third-order valence-corrected chi connectivity index (χ3v) is 2.38. The molecule has 0 unspecified atom stereocenters. The number of nitrogens with zero attached hydrogens (tertiary/aromatic N) is 1. The molecule has 17 heavy (non-hydrogen) atoms. The Morgan fingerprint density at radius 1 is 1.41 bits per heavy atom. The van der Waals surface area contributed by atoms with Crippen LogP contribution in [0.4, 0.5) is 0 Å². The van der Waals surface area contributed by atoms with Crippen molar-refractivity contribution < 1.29 is 18.8 Å². The molecule has 0 fully saturated rings. The molecular formula is C12H11NO4. The van der Waals surface area contributed by atoms with Gasteiger partial charge in [0.15, 0.2) is 5.58 Å². The van der Waals surface area contributed by atoms with Gasteiger partial charge in [0.05, 0.1) is 17.9 Å². The van der Waals surface area contributed by atoms with Crippen molar-refractivity contribution in [2.75, 3.05) is 6.61 Å². The van der Waals surface area contributed by atoms with Crippen LogP contribution in [0, 0.1) is 6.92 Å².